The predicted octanol–water partition coefficient (Wildman–Crippen LogP) is 3.81. The second-order valence-electron chi connectivity index (χ2n) is 5.26. The third kappa shape index (κ3) is 3.42. The summed E-state index contributed by atoms with van der Waals surface area (Å²) >= 11 is 1.40. The summed E-state index contributed by atoms with van der Waals surface area (Å²) in [6.45, 7) is 2.80. The number of benzene rings is 2. The number of rotatable bonds is 3. The standard InChI is InChI=1S/C18H17N5S/c1-13-21-16-10-15(22-18(24-2)20-12-19)8-9-17(16)23(13)11-14-6-4-3-5-7-14/h3-10H,11H2,1-2H3,(H,20,22). The topological polar surface area (TPSA) is 66.0 Å². The van der Waals surface area contributed by atoms with Crippen molar-refractivity contribution in [2.45, 2.75) is 13.5 Å². The third-order valence-electron chi connectivity index (χ3n) is 3.69. The molecule has 0 saturated heterocycles. The van der Waals surface area contributed by atoms with E-state index >= 15 is 0 Å². The van der Waals surface area contributed by atoms with Gasteiger partial charge in [0.25, 0.3) is 0 Å². The molecule has 3 rings (SSSR count). The maximum atomic E-state index is 8.73. The highest BCUT2D eigenvalue weighted by atomic mass is 32.2. The number of aryl methyl sites for hydroxylation is 1. The van der Waals surface area contributed by atoms with Gasteiger partial charge in [-0.2, -0.15) is 5.26 Å². The molecule has 0 aliphatic heterocycles. The fraction of sp³-hybridized carbons (Fsp3) is 0.167. The molecule has 6 heteroatoms. The van der Waals surface area contributed by atoms with Crippen molar-refractivity contribution in [3.8, 4) is 6.19 Å². The molecule has 0 spiro atoms. The van der Waals surface area contributed by atoms with Crippen molar-refractivity contribution in [2.24, 2.45) is 4.99 Å². The molecule has 1 aromatic heterocycles. The van der Waals surface area contributed by atoms with E-state index in [1.54, 1.807) is 0 Å². The van der Waals surface area contributed by atoms with Gasteiger partial charge in [0.15, 0.2) is 11.4 Å². The first-order valence-corrected chi connectivity index (χ1v) is 8.72. The van der Waals surface area contributed by atoms with Crippen LogP contribution in [0.5, 0.6) is 0 Å². The number of amidine groups is 1. The number of nitrogens with one attached hydrogen (secondary N) is 1. The van der Waals surface area contributed by atoms with E-state index in [-0.39, 0.29) is 0 Å². The van der Waals surface area contributed by atoms with Gasteiger partial charge >= 0.3 is 0 Å². The van der Waals surface area contributed by atoms with Crippen LogP contribution in [0.25, 0.3) is 11.0 Å². The van der Waals surface area contributed by atoms with Gasteiger partial charge < -0.3 is 4.57 Å². The molecule has 0 radical (unpaired) electrons. The molecule has 0 aliphatic rings. The molecule has 0 bridgehead atoms. The van der Waals surface area contributed by atoms with Crippen molar-refractivity contribution in [3.63, 3.8) is 0 Å². The minimum absolute atomic E-state index is 0.567. The fourth-order valence-electron chi connectivity index (χ4n) is 2.56. The molecule has 2 aromatic carbocycles. The van der Waals surface area contributed by atoms with Crippen molar-refractivity contribution in [2.75, 3.05) is 6.26 Å². The highest BCUT2D eigenvalue weighted by Gasteiger charge is 2.09. The number of imidazole rings is 1. The van der Waals surface area contributed by atoms with Crippen LogP contribution in [-0.2, 0) is 6.54 Å². The van der Waals surface area contributed by atoms with E-state index in [9.17, 15) is 0 Å². The number of hydrogen-bond acceptors (Lipinski definition) is 4. The van der Waals surface area contributed by atoms with E-state index in [1.165, 1.54) is 17.3 Å². The average Bonchev–Trinajstić information content (AvgIpc) is 2.90. The van der Waals surface area contributed by atoms with Crippen LogP contribution in [0.4, 0.5) is 5.69 Å². The Balaban J connectivity index is 1.97. The highest BCUT2D eigenvalue weighted by molar-refractivity contribution is 8.13. The van der Waals surface area contributed by atoms with E-state index < -0.39 is 0 Å². The number of aliphatic imine (C=N–C) groups is 1. The quantitative estimate of drug-likeness (QED) is 0.342. The molecule has 0 amide bonds. The Hall–Kier alpha value is -2.78. The van der Waals surface area contributed by atoms with Gasteiger partial charge in [-0.3, -0.25) is 5.32 Å². The van der Waals surface area contributed by atoms with Gasteiger partial charge in [0, 0.05) is 6.54 Å². The van der Waals surface area contributed by atoms with Crippen LogP contribution in [0.2, 0.25) is 0 Å². The Morgan fingerprint density at radius 1 is 1.29 bits per heavy atom. The Labute approximate surface area is 145 Å². The summed E-state index contributed by atoms with van der Waals surface area (Å²) in [6.07, 6.45) is 3.77. The molecule has 1 heterocycles. The van der Waals surface area contributed by atoms with Gasteiger partial charge in [0.05, 0.1) is 16.7 Å². The minimum Gasteiger partial charge on any atom is -0.324 e. The molecular weight excluding hydrogens is 318 g/mol. The zero-order valence-electron chi connectivity index (χ0n) is 13.5. The van der Waals surface area contributed by atoms with Gasteiger partial charge in [-0.05, 0) is 36.9 Å². The molecular formula is C18H17N5S. The van der Waals surface area contributed by atoms with Crippen LogP contribution in [0.15, 0.2) is 53.5 Å². The summed E-state index contributed by atoms with van der Waals surface area (Å²) in [5.74, 6) is 0.968. The fourth-order valence-corrected chi connectivity index (χ4v) is 2.91. The first-order valence-electron chi connectivity index (χ1n) is 7.50. The van der Waals surface area contributed by atoms with Gasteiger partial charge in [0.1, 0.15) is 5.82 Å². The maximum Gasteiger partial charge on any atom is 0.183 e. The SMILES string of the molecule is CSC(=Nc1ccc2c(c1)nc(C)n2Cc1ccccc1)NC#N. The zero-order valence-corrected chi connectivity index (χ0v) is 14.3. The van der Waals surface area contributed by atoms with Crippen molar-refractivity contribution < 1.29 is 0 Å². The molecule has 0 atom stereocenters. The van der Waals surface area contributed by atoms with Gasteiger partial charge in [0.2, 0.25) is 0 Å². The first-order chi connectivity index (χ1) is 11.7. The number of nitriles is 1. The summed E-state index contributed by atoms with van der Waals surface area (Å²) in [4.78, 5) is 9.09. The lowest BCUT2D eigenvalue weighted by molar-refractivity contribution is 0.786. The number of fused-ring (bicyclic) bond motifs is 1. The van der Waals surface area contributed by atoms with Gasteiger partial charge in [-0.25, -0.2) is 9.98 Å². The van der Waals surface area contributed by atoms with Crippen LogP contribution in [-0.4, -0.2) is 21.0 Å². The van der Waals surface area contributed by atoms with Gasteiger partial charge in [-0.1, -0.05) is 42.1 Å². The molecule has 0 fully saturated rings. The van der Waals surface area contributed by atoms with E-state index in [0.29, 0.717) is 5.17 Å². The Bertz CT molecular complexity index is 922. The lowest BCUT2D eigenvalue weighted by Crippen LogP contribution is -2.12. The number of hydrogen-bond donors (Lipinski definition) is 1. The Kier molecular flexibility index (Phi) is 4.82. The van der Waals surface area contributed by atoms with Crippen LogP contribution in [0.3, 0.4) is 0 Å². The van der Waals surface area contributed by atoms with Crippen molar-refractivity contribution in [3.05, 3.63) is 59.9 Å². The summed E-state index contributed by atoms with van der Waals surface area (Å²) in [5, 5.41) is 11.9. The smallest absolute Gasteiger partial charge is 0.183 e. The highest BCUT2D eigenvalue weighted by Crippen LogP contribution is 2.23. The molecule has 0 aliphatic carbocycles. The second-order valence-corrected chi connectivity index (χ2v) is 6.06. The largest absolute Gasteiger partial charge is 0.324 e. The number of aromatic nitrogens is 2. The Morgan fingerprint density at radius 2 is 2.08 bits per heavy atom. The monoisotopic (exact) mass is 335 g/mol. The molecule has 24 heavy (non-hydrogen) atoms. The van der Waals surface area contributed by atoms with Gasteiger partial charge in [-0.15, -0.1) is 0 Å². The lowest BCUT2D eigenvalue weighted by atomic mass is 10.2. The molecule has 120 valence electrons. The van der Waals surface area contributed by atoms with Crippen molar-refractivity contribution in [1.82, 2.24) is 14.9 Å². The van der Waals surface area contributed by atoms with E-state index in [1.807, 2.05) is 55.8 Å². The Morgan fingerprint density at radius 3 is 2.79 bits per heavy atom. The molecule has 0 saturated carbocycles. The summed E-state index contributed by atoms with van der Waals surface area (Å²) < 4.78 is 2.20. The van der Waals surface area contributed by atoms with E-state index in [2.05, 4.69) is 32.0 Å². The van der Waals surface area contributed by atoms with Crippen LogP contribution in [0, 0.1) is 18.4 Å². The molecule has 1 N–H and O–H groups in total. The van der Waals surface area contributed by atoms with Crippen molar-refractivity contribution in [1.29, 1.82) is 5.26 Å². The minimum atomic E-state index is 0.567. The lowest BCUT2D eigenvalue weighted by Gasteiger charge is -2.07. The number of nitrogens with zero attached hydrogens (tertiary/aromatic N) is 4. The first kappa shape index (κ1) is 16.1. The second kappa shape index (κ2) is 7.20. The molecule has 0 unspecified atom stereocenters. The maximum absolute atomic E-state index is 8.73. The number of thioether (sulfide) groups is 1. The average molecular weight is 335 g/mol. The normalized spacial score (nSPS) is 11.5. The van der Waals surface area contributed by atoms with Crippen molar-refractivity contribution >= 4 is 33.7 Å². The summed E-state index contributed by atoms with van der Waals surface area (Å²) in [7, 11) is 0. The summed E-state index contributed by atoms with van der Waals surface area (Å²) in [5.41, 5.74) is 4.00. The molecule has 5 nitrogen and oxygen atoms in total. The van der Waals surface area contributed by atoms with Crippen LogP contribution in [0.1, 0.15) is 11.4 Å². The predicted molar refractivity (Wildman–Crippen MR) is 99.4 cm³/mol. The van der Waals surface area contributed by atoms with E-state index in [0.717, 1.165) is 29.1 Å². The molecule has 3 aromatic rings. The van der Waals surface area contributed by atoms with Crippen LogP contribution >= 0.6 is 11.8 Å². The third-order valence-corrected chi connectivity index (χ3v) is 4.27. The van der Waals surface area contributed by atoms with E-state index in [4.69, 9.17) is 5.26 Å². The zero-order chi connectivity index (χ0) is 16.9. The summed E-state index contributed by atoms with van der Waals surface area (Å²) in [6, 6.07) is 16.3. The van der Waals surface area contributed by atoms with Crippen LogP contribution < -0.4 is 5.32 Å².